The second kappa shape index (κ2) is 15.3. The molecule has 0 saturated carbocycles. The topological polar surface area (TPSA) is 38.9 Å². The molecule has 10 aromatic carbocycles. The molecule has 1 spiro atoms. The first-order valence-electron chi connectivity index (χ1n) is 23.7. The second-order valence-electron chi connectivity index (χ2n) is 18.3. The standard InChI is InChI=1S/C65H38N2OS2/c1-2-16-39(17-3-1)56-38-57(40-32-33-47-46-18-4-7-25-52(46)65(55(47)37-40)53-26-8-12-30-60(53)69-61-31-13-9-27-54(61)65)67-64(66-56)43-35-41(44-21-14-23-50-48-19-5-10-28-58(48)68-62(44)50)34-42(36-43)45-22-15-24-51-49-20-6-11-29-59(49)70-63(45)51/h1-38H. The minimum Gasteiger partial charge on any atom is -0.455 e. The highest BCUT2D eigenvalue weighted by atomic mass is 32.2. The molecular formula is C65H38N2OS2. The first kappa shape index (κ1) is 39.6. The van der Waals surface area contributed by atoms with E-state index in [0.717, 1.165) is 66.7 Å². The number of benzene rings is 10. The Labute approximate surface area is 412 Å². The molecule has 13 aromatic rings. The monoisotopic (exact) mass is 926 g/mol. The van der Waals surface area contributed by atoms with Gasteiger partial charge in [0.05, 0.1) is 16.8 Å². The van der Waals surface area contributed by atoms with Gasteiger partial charge in [-0.15, -0.1) is 11.3 Å². The van der Waals surface area contributed by atoms with Gasteiger partial charge in [-0.25, -0.2) is 9.97 Å². The summed E-state index contributed by atoms with van der Waals surface area (Å²) in [6.07, 6.45) is 0. The number of aromatic nitrogens is 2. The smallest absolute Gasteiger partial charge is 0.160 e. The summed E-state index contributed by atoms with van der Waals surface area (Å²) in [5.41, 5.74) is 18.0. The van der Waals surface area contributed by atoms with Gasteiger partial charge in [0.1, 0.15) is 11.2 Å². The zero-order valence-electron chi connectivity index (χ0n) is 37.6. The predicted molar refractivity (Wildman–Crippen MR) is 291 cm³/mol. The van der Waals surface area contributed by atoms with Crippen LogP contribution in [0.25, 0.3) is 109 Å². The number of hydrogen-bond acceptors (Lipinski definition) is 5. The van der Waals surface area contributed by atoms with Crippen LogP contribution in [0, 0.1) is 0 Å². The maximum absolute atomic E-state index is 6.71. The largest absolute Gasteiger partial charge is 0.455 e. The highest BCUT2D eigenvalue weighted by Gasteiger charge is 2.50. The minimum atomic E-state index is -0.507. The van der Waals surface area contributed by atoms with Crippen molar-refractivity contribution in [3.63, 3.8) is 0 Å². The van der Waals surface area contributed by atoms with E-state index in [-0.39, 0.29) is 0 Å². The van der Waals surface area contributed by atoms with E-state index in [0.29, 0.717) is 5.82 Å². The zero-order valence-corrected chi connectivity index (χ0v) is 39.2. The Morgan fingerprint density at radius 3 is 1.76 bits per heavy atom. The summed E-state index contributed by atoms with van der Waals surface area (Å²) < 4.78 is 9.24. The number of fused-ring (bicyclic) bond motifs is 15. The molecule has 5 heteroatoms. The van der Waals surface area contributed by atoms with Crippen LogP contribution in [0.1, 0.15) is 22.3 Å². The Kier molecular flexibility index (Phi) is 8.68. The number of furan rings is 1. The van der Waals surface area contributed by atoms with Crippen LogP contribution in [0.2, 0.25) is 0 Å². The molecule has 70 heavy (non-hydrogen) atoms. The van der Waals surface area contributed by atoms with Crippen molar-refractivity contribution in [2.24, 2.45) is 0 Å². The summed E-state index contributed by atoms with van der Waals surface area (Å²) in [4.78, 5) is 13.7. The molecule has 0 amide bonds. The fraction of sp³-hybridized carbons (Fsp3) is 0.0154. The third-order valence-electron chi connectivity index (χ3n) is 14.6. The summed E-state index contributed by atoms with van der Waals surface area (Å²) in [6, 6.07) is 83.7. The van der Waals surface area contributed by atoms with Crippen molar-refractivity contribution < 1.29 is 4.42 Å². The molecule has 4 heterocycles. The Bertz CT molecular complexity index is 4120. The number of para-hydroxylation sites is 2. The fourth-order valence-electron chi connectivity index (χ4n) is 11.5. The van der Waals surface area contributed by atoms with E-state index in [1.807, 2.05) is 29.2 Å². The highest BCUT2D eigenvalue weighted by molar-refractivity contribution is 7.99. The Hall–Kier alpha value is -8.35. The van der Waals surface area contributed by atoms with Gasteiger partial charge in [-0.1, -0.05) is 188 Å². The average Bonchev–Trinajstić information content (AvgIpc) is 4.10. The molecule has 0 N–H and O–H groups in total. The van der Waals surface area contributed by atoms with E-state index in [4.69, 9.17) is 14.4 Å². The second-order valence-corrected chi connectivity index (χ2v) is 20.5. The van der Waals surface area contributed by atoms with Gasteiger partial charge < -0.3 is 4.42 Å². The summed E-state index contributed by atoms with van der Waals surface area (Å²) in [7, 11) is 0. The highest BCUT2D eigenvalue weighted by Crippen LogP contribution is 2.62. The van der Waals surface area contributed by atoms with Crippen LogP contribution in [0.5, 0.6) is 0 Å². The van der Waals surface area contributed by atoms with Crippen molar-refractivity contribution in [3.8, 4) is 67.3 Å². The molecule has 326 valence electrons. The van der Waals surface area contributed by atoms with Gasteiger partial charge in [-0.2, -0.15) is 0 Å². The van der Waals surface area contributed by atoms with Crippen LogP contribution in [-0.4, -0.2) is 9.97 Å². The number of thiophene rings is 1. The first-order chi connectivity index (χ1) is 34.7. The summed E-state index contributed by atoms with van der Waals surface area (Å²) in [5, 5.41) is 4.73. The zero-order chi connectivity index (χ0) is 45.9. The molecule has 0 unspecified atom stereocenters. The van der Waals surface area contributed by atoms with Crippen molar-refractivity contribution in [1.29, 1.82) is 0 Å². The normalized spacial score (nSPS) is 13.2. The Balaban J connectivity index is 0.984. The summed E-state index contributed by atoms with van der Waals surface area (Å²) >= 11 is 3.71. The SMILES string of the molecule is c1ccc(-c2cc(-c3ccc4c(c3)C3(c5ccccc5Sc5ccccc53)c3ccccc3-4)nc(-c3cc(-c4cccc5c4oc4ccccc45)cc(-c4cccc5c4sc4ccccc45)c3)n2)cc1. The molecule has 3 aromatic heterocycles. The predicted octanol–water partition coefficient (Wildman–Crippen LogP) is 17.9. The van der Waals surface area contributed by atoms with Crippen LogP contribution in [0.4, 0.5) is 0 Å². The van der Waals surface area contributed by atoms with Crippen molar-refractivity contribution in [2.45, 2.75) is 15.2 Å². The molecule has 0 saturated heterocycles. The van der Waals surface area contributed by atoms with E-state index >= 15 is 0 Å². The van der Waals surface area contributed by atoms with E-state index in [2.05, 4.69) is 224 Å². The Morgan fingerprint density at radius 2 is 0.943 bits per heavy atom. The number of hydrogen-bond donors (Lipinski definition) is 0. The number of rotatable bonds is 5. The van der Waals surface area contributed by atoms with Gasteiger partial charge in [-0.3, -0.25) is 0 Å². The lowest BCUT2D eigenvalue weighted by atomic mass is 9.67. The average molecular weight is 927 g/mol. The van der Waals surface area contributed by atoms with Crippen molar-refractivity contribution in [1.82, 2.24) is 9.97 Å². The number of nitrogens with zero attached hydrogens (tertiary/aromatic N) is 2. The van der Waals surface area contributed by atoms with Crippen molar-refractivity contribution >= 4 is 65.2 Å². The summed E-state index contributed by atoms with van der Waals surface area (Å²) in [5.74, 6) is 0.656. The lowest BCUT2D eigenvalue weighted by Gasteiger charge is -2.39. The third kappa shape index (κ3) is 5.83. The molecule has 0 atom stereocenters. The van der Waals surface area contributed by atoms with Crippen LogP contribution in [0.3, 0.4) is 0 Å². The lowest BCUT2D eigenvalue weighted by molar-refractivity contribution is 0.670. The van der Waals surface area contributed by atoms with Crippen LogP contribution in [0.15, 0.2) is 245 Å². The summed E-state index contributed by atoms with van der Waals surface area (Å²) in [6.45, 7) is 0. The van der Waals surface area contributed by atoms with Crippen LogP contribution >= 0.6 is 23.1 Å². The molecule has 1 aliphatic heterocycles. The molecule has 0 fully saturated rings. The van der Waals surface area contributed by atoms with Crippen LogP contribution < -0.4 is 0 Å². The van der Waals surface area contributed by atoms with Gasteiger partial charge in [-0.05, 0) is 105 Å². The molecule has 1 aliphatic carbocycles. The van der Waals surface area contributed by atoms with Crippen molar-refractivity contribution in [3.05, 3.63) is 253 Å². The van der Waals surface area contributed by atoms with Gasteiger partial charge in [0, 0.05) is 63.0 Å². The third-order valence-corrected chi connectivity index (χ3v) is 16.9. The van der Waals surface area contributed by atoms with Crippen molar-refractivity contribution in [2.75, 3.05) is 0 Å². The van der Waals surface area contributed by atoms with E-state index in [1.54, 1.807) is 0 Å². The Morgan fingerprint density at radius 1 is 0.357 bits per heavy atom. The molecule has 0 radical (unpaired) electrons. The first-order valence-corrected chi connectivity index (χ1v) is 25.3. The molecular weight excluding hydrogens is 889 g/mol. The van der Waals surface area contributed by atoms with Gasteiger partial charge in [0.25, 0.3) is 0 Å². The fourth-order valence-corrected chi connectivity index (χ4v) is 13.9. The molecule has 0 bridgehead atoms. The molecule has 3 nitrogen and oxygen atoms in total. The van der Waals surface area contributed by atoms with E-state index in [1.165, 1.54) is 68.9 Å². The van der Waals surface area contributed by atoms with Crippen LogP contribution in [-0.2, 0) is 5.41 Å². The maximum atomic E-state index is 6.71. The van der Waals surface area contributed by atoms with Gasteiger partial charge >= 0.3 is 0 Å². The minimum absolute atomic E-state index is 0.507. The quantitative estimate of drug-likeness (QED) is 0.172. The van der Waals surface area contributed by atoms with Gasteiger partial charge in [0.15, 0.2) is 5.82 Å². The molecule has 15 rings (SSSR count). The molecule has 2 aliphatic rings. The van der Waals surface area contributed by atoms with E-state index < -0.39 is 5.41 Å². The van der Waals surface area contributed by atoms with Gasteiger partial charge in [0.2, 0.25) is 0 Å². The van der Waals surface area contributed by atoms with E-state index in [9.17, 15) is 0 Å². The maximum Gasteiger partial charge on any atom is 0.160 e. The lowest BCUT2D eigenvalue weighted by Crippen LogP contribution is -2.31.